The van der Waals surface area contributed by atoms with E-state index < -0.39 is 23.5 Å². The molecule has 0 unspecified atom stereocenters. The summed E-state index contributed by atoms with van der Waals surface area (Å²) < 4.78 is 76.4. The fraction of sp³-hybridized carbons (Fsp3) is 0.417. The number of nitrogens with one attached hydrogen (secondary N) is 2. The van der Waals surface area contributed by atoms with Gasteiger partial charge in [0, 0.05) is 11.4 Å². The minimum absolute atomic E-state index is 0.106. The zero-order valence-corrected chi connectivity index (χ0v) is 23.1. The Morgan fingerprint density at radius 1 is 0.703 bits per heavy atom. The molecule has 1 fully saturated rings. The molecular weight excluding hydrogens is 636 g/mol. The van der Waals surface area contributed by atoms with Gasteiger partial charge in [0.25, 0.3) is 0 Å². The molecule has 0 bridgehead atoms. The number of halogens is 8. The Balaban J connectivity index is 0.00000153. The Hall–Kier alpha value is -1.22. The molecule has 0 aliphatic heterocycles. The molecule has 212 valence electrons. The van der Waals surface area contributed by atoms with E-state index in [9.17, 15) is 26.3 Å². The van der Waals surface area contributed by atoms with Crippen molar-refractivity contribution in [1.29, 1.82) is 0 Å². The molecule has 0 amide bonds. The number of hydrogen-bond donors (Lipinski definition) is 2. The van der Waals surface area contributed by atoms with Crippen LogP contribution in [0.1, 0.15) is 36.8 Å². The van der Waals surface area contributed by atoms with Crippen LogP contribution in [0.3, 0.4) is 0 Å². The van der Waals surface area contributed by atoms with E-state index in [1.807, 2.05) is 23.9 Å². The van der Waals surface area contributed by atoms with Gasteiger partial charge in [0.2, 0.25) is 0 Å². The number of anilines is 2. The molecule has 0 saturated heterocycles. The van der Waals surface area contributed by atoms with Crippen LogP contribution in [0.2, 0.25) is 0 Å². The molecule has 0 radical (unpaired) electrons. The summed E-state index contributed by atoms with van der Waals surface area (Å²) >= 11 is -0.106. The van der Waals surface area contributed by atoms with Crippen molar-refractivity contribution < 1.29 is 42.3 Å². The van der Waals surface area contributed by atoms with Crippen LogP contribution in [0.25, 0.3) is 0 Å². The van der Waals surface area contributed by atoms with Crippen LogP contribution >= 0.6 is 19.1 Å². The summed E-state index contributed by atoms with van der Waals surface area (Å²) in [7, 11) is 13.5. The zero-order chi connectivity index (χ0) is 27.6. The number of likely N-dealkylation sites (N-methyl/N-ethyl adjacent to an activating group) is 2. The van der Waals surface area contributed by atoms with E-state index >= 15 is 0 Å². The van der Waals surface area contributed by atoms with E-state index in [0.29, 0.717) is 11.4 Å². The summed E-state index contributed by atoms with van der Waals surface area (Å²) in [4.78, 5) is 4.04. The zero-order valence-electron chi connectivity index (χ0n) is 20.0. The first kappa shape index (κ1) is 32.0. The molecule has 2 atom stereocenters. The van der Waals surface area contributed by atoms with Gasteiger partial charge in [-0.05, 0) is 87.6 Å². The molecule has 4 nitrogen and oxygen atoms in total. The third-order valence-electron chi connectivity index (χ3n) is 6.03. The quantitative estimate of drug-likeness (QED) is 0.170. The fourth-order valence-corrected chi connectivity index (χ4v) is 4.10. The van der Waals surface area contributed by atoms with Gasteiger partial charge in [-0.15, -0.1) is 0 Å². The second-order valence-electron chi connectivity index (χ2n) is 8.49. The van der Waals surface area contributed by atoms with Crippen molar-refractivity contribution in [2.75, 3.05) is 24.7 Å². The van der Waals surface area contributed by atoms with Gasteiger partial charge in [-0.3, -0.25) is 0 Å². The molecule has 1 aliphatic carbocycles. The standard InChI is InChI=1S/C24H28F6N4.2ClH.Pd/c1-33(15-31-19-11-7-17(8-12-19)23(25,26)27)21-5-3-4-6-22(21)34(2)16-32-20-13-9-18(10-14-20)24(28,29)30;;;/h7-16,21-22,31-32H,3-6H2,1-2H3;2*1H;/q-2;;;+2/p-2/t21-,22-;;;/m1.../s1. The van der Waals surface area contributed by atoms with Gasteiger partial charge in [-0.1, -0.05) is 12.8 Å². The van der Waals surface area contributed by atoms with Crippen molar-refractivity contribution in [3.8, 4) is 0 Å². The Bertz CT molecular complexity index is 853. The van der Waals surface area contributed by atoms with Gasteiger partial charge < -0.3 is 20.4 Å². The maximum absolute atomic E-state index is 12.7. The molecule has 0 spiro atoms. The summed E-state index contributed by atoms with van der Waals surface area (Å²) in [6, 6.07) is 9.99. The van der Waals surface area contributed by atoms with Gasteiger partial charge in [0.1, 0.15) is 0 Å². The Kier molecular flexibility index (Phi) is 12.8. The average molecular weight is 664 g/mol. The molecule has 2 aromatic rings. The third-order valence-corrected chi connectivity index (χ3v) is 6.03. The van der Waals surface area contributed by atoms with Gasteiger partial charge in [-0.2, -0.15) is 39.7 Å². The summed E-state index contributed by atoms with van der Waals surface area (Å²) in [5.41, 5.74) is -0.292. The number of rotatable bonds is 8. The maximum atomic E-state index is 12.7. The van der Waals surface area contributed by atoms with Gasteiger partial charge in [0.05, 0.1) is 11.1 Å². The second kappa shape index (κ2) is 14.8. The van der Waals surface area contributed by atoms with Crippen molar-refractivity contribution in [3.63, 3.8) is 0 Å². The molecular formula is C24H28Cl2F6N4Pd-2. The second-order valence-corrected chi connectivity index (χ2v) is 10.9. The minimum atomic E-state index is -4.37. The number of benzene rings is 2. The van der Waals surface area contributed by atoms with Gasteiger partial charge in [0.15, 0.2) is 0 Å². The van der Waals surface area contributed by atoms with E-state index in [-0.39, 0.29) is 28.0 Å². The third kappa shape index (κ3) is 10.5. The summed E-state index contributed by atoms with van der Waals surface area (Å²) in [6.45, 7) is 3.51. The predicted octanol–water partition coefficient (Wildman–Crippen LogP) is 8.04. The number of hydrogen-bond acceptors (Lipinski definition) is 4. The Morgan fingerprint density at radius 2 is 1.00 bits per heavy atom. The van der Waals surface area contributed by atoms with Gasteiger partial charge >= 0.3 is 47.4 Å². The molecule has 2 aromatic carbocycles. The van der Waals surface area contributed by atoms with Crippen molar-refractivity contribution in [1.82, 2.24) is 9.80 Å². The average Bonchev–Trinajstić information content (AvgIpc) is 2.86. The summed E-state index contributed by atoms with van der Waals surface area (Å²) in [5, 5.41) is 6.10. The first-order valence-electron chi connectivity index (χ1n) is 11.2. The van der Waals surface area contributed by atoms with Crippen LogP contribution in [0, 0.1) is 13.3 Å². The topological polar surface area (TPSA) is 30.5 Å². The fourth-order valence-electron chi connectivity index (χ4n) is 4.10. The van der Waals surface area contributed by atoms with E-state index in [1.54, 1.807) is 13.3 Å². The predicted molar refractivity (Wildman–Crippen MR) is 132 cm³/mol. The Labute approximate surface area is 229 Å². The van der Waals surface area contributed by atoms with Crippen LogP contribution in [-0.4, -0.2) is 36.0 Å². The molecule has 3 rings (SSSR count). The molecule has 1 aliphatic rings. The molecule has 2 N–H and O–H groups in total. The monoisotopic (exact) mass is 662 g/mol. The first-order valence-corrected chi connectivity index (χ1v) is 15.2. The van der Waals surface area contributed by atoms with Crippen LogP contribution in [0.15, 0.2) is 48.5 Å². The van der Waals surface area contributed by atoms with Crippen LogP contribution in [-0.2, 0) is 28.3 Å². The van der Waals surface area contributed by atoms with E-state index in [0.717, 1.165) is 49.9 Å². The normalized spacial score (nSPS) is 18.5. The van der Waals surface area contributed by atoms with Crippen LogP contribution in [0.4, 0.5) is 37.7 Å². The summed E-state index contributed by atoms with van der Waals surface area (Å²) in [5.74, 6) is 0. The van der Waals surface area contributed by atoms with E-state index in [4.69, 9.17) is 19.1 Å². The van der Waals surface area contributed by atoms with Crippen molar-refractivity contribution in [2.24, 2.45) is 0 Å². The Morgan fingerprint density at radius 3 is 1.27 bits per heavy atom. The van der Waals surface area contributed by atoms with Gasteiger partial charge in [-0.25, -0.2) is 0 Å². The van der Waals surface area contributed by atoms with Crippen molar-refractivity contribution in [2.45, 2.75) is 50.1 Å². The van der Waals surface area contributed by atoms with E-state index in [2.05, 4.69) is 10.6 Å². The molecule has 1 saturated carbocycles. The number of nitrogens with zero attached hydrogens (tertiary/aromatic N) is 2. The van der Waals surface area contributed by atoms with Crippen LogP contribution in [0.5, 0.6) is 0 Å². The molecule has 13 heteroatoms. The van der Waals surface area contributed by atoms with E-state index in [1.165, 1.54) is 24.3 Å². The van der Waals surface area contributed by atoms with Crippen LogP contribution < -0.4 is 10.6 Å². The molecule has 37 heavy (non-hydrogen) atoms. The number of alkyl halides is 6. The summed E-state index contributed by atoms with van der Waals surface area (Å²) in [6.07, 6.45) is -4.76. The molecule has 0 aromatic heterocycles. The van der Waals surface area contributed by atoms with Crippen molar-refractivity contribution >= 4 is 30.4 Å². The SMILES string of the molecule is CN([CH-]Nc1ccc(C(F)(F)F)cc1)[C@@H]1CCCC[C@H]1N(C)[CH-]Nc1ccc(C(F)(F)F)cc1.[Cl][Pd][Cl]. The first-order chi connectivity index (χ1) is 17.4. The molecule has 0 heterocycles. The van der Waals surface area contributed by atoms with Crippen molar-refractivity contribution in [3.05, 3.63) is 73.0 Å².